The quantitative estimate of drug-likeness (QED) is 0.581. The van der Waals surface area contributed by atoms with Gasteiger partial charge in [-0.15, -0.1) is 0 Å². The molecule has 3 atom stereocenters. The molecule has 22 heavy (non-hydrogen) atoms. The second-order valence-electron chi connectivity index (χ2n) is 6.53. The van der Waals surface area contributed by atoms with Gasteiger partial charge >= 0.3 is 0 Å². The van der Waals surface area contributed by atoms with E-state index >= 15 is 0 Å². The fraction of sp³-hybridized carbons (Fsp3) is 0.647. The number of rotatable bonds is 6. The van der Waals surface area contributed by atoms with E-state index in [2.05, 4.69) is 45.7 Å². The third kappa shape index (κ3) is 2.54. The Bertz CT molecular complexity index is 551. The van der Waals surface area contributed by atoms with Gasteiger partial charge in [0, 0.05) is 15.5 Å². The number of likely N-dealkylation sites (tertiary alicyclic amines) is 1. The third-order valence-corrected chi connectivity index (χ3v) is 7.04. The van der Waals surface area contributed by atoms with Crippen molar-refractivity contribution in [3.63, 3.8) is 0 Å². The highest BCUT2D eigenvalue weighted by Crippen LogP contribution is 2.60. The fourth-order valence-corrected chi connectivity index (χ4v) is 5.23. The van der Waals surface area contributed by atoms with Crippen LogP contribution in [0, 0.1) is 17.8 Å². The number of fused-ring (bicyclic) bond motifs is 2. The first-order valence-electron chi connectivity index (χ1n) is 8.17. The van der Waals surface area contributed by atoms with Gasteiger partial charge in [0.1, 0.15) is 0 Å². The van der Waals surface area contributed by atoms with Gasteiger partial charge in [-0.25, -0.2) is 0 Å². The maximum absolute atomic E-state index is 12.8. The summed E-state index contributed by atoms with van der Waals surface area (Å²) in [6.45, 7) is 4.86. The fourth-order valence-electron chi connectivity index (χ4n) is 3.49. The number of carbonyl (C=O) groups is 2. The van der Waals surface area contributed by atoms with Gasteiger partial charge in [0.25, 0.3) is 11.8 Å². The van der Waals surface area contributed by atoms with Crippen molar-refractivity contribution < 1.29 is 9.59 Å². The van der Waals surface area contributed by atoms with Crippen molar-refractivity contribution in [3.8, 4) is 0 Å². The zero-order valence-corrected chi connectivity index (χ0v) is 16.2. The van der Waals surface area contributed by atoms with Crippen molar-refractivity contribution in [3.05, 3.63) is 20.1 Å². The Kier molecular flexibility index (Phi) is 4.66. The molecule has 3 rings (SSSR count). The SMILES string of the molecule is CCCCC(CC)CN1C(=O)C2=C(Br)C3CC3C(Br)=C2C1=O. The molecule has 3 aliphatic rings. The van der Waals surface area contributed by atoms with Crippen LogP contribution >= 0.6 is 31.9 Å². The first-order valence-corrected chi connectivity index (χ1v) is 9.75. The molecular formula is C17H21Br2NO2. The molecule has 120 valence electrons. The Morgan fingerprint density at radius 3 is 2.09 bits per heavy atom. The van der Waals surface area contributed by atoms with Crippen LogP contribution in [0.3, 0.4) is 0 Å². The summed E-state index contributed by atoms with van der Waals surface area (Å²) in [6, 6.07) is 0. The lowest BCUT2D eigenvalue weighted by molar-refractivity contribution is -0.137. The lowest BCUT2D eigenvalue weighted by atomic mass is 9.99. The molecule has 2 fully saturated rings. The first kappa shape index (κ1) is 16.4. The molecule has 0 N–H and O–H groups in total. The Labute approximate surface area is 148 Å². The Balaban J connectivity index is 1.85. The predicted octanol–water partition coefficient (Wildman–Crippen LogP) is 4.52. The van der Waals surface area contributed by atoms with Crippen molar-refractivity contribution in [1.82, 2.24) is 4.90 Å². The minimum atomic E-state index is -0.107. The highest BCUT2D eigenvalue weighted by molar-refractivity contribution is 9.12. The zero-order chi connectivity index (χ0) is 16.0. The number of imide groups is 1. The summed E-state index contributed by atoms with van der Waals surface area (Å²) >= 11 is 7.15. The van der Waals surface area contributed by atoms with Gasteiger partial charge in [0.2, 0.25) is 0 Å². The van der Waals surface area contributed by atoms with E-state index in [9.17, 15) is 9.59 Å². The van der Waals surface area contributed by atoms with Crippen LogP contribution in [0.5, 0.6) is 0 Å². The minimum absolute atomic E-state index is 0.107. The highest BCUT2D eigenvalue weighted by Gasteiger charge is 2.54. The van der Waals surface area contributed by atoms with E-state index in [0.29, 0.717) is 35.4 Å². The van der Waals surface area contributed by atoms with E-state index in [1.807, 2.05) is 0 Å². The average Bonchev–Trinajstić information content (AvgIpc) is 3.26. The number of halogens is 2. The highest BCUT2D eigenvalue weighted by atomic mass is 79.9. The molecule has 1 heterocycles. The summed E-state index contributed by atoms with van der Waals surface area (Å²) in [6.07, 6.45) is 5.41. The summed E-state index contributed by atoms with van der Waals surface area (Å²) in [4.78, 5) is 27.0. The van der Waals surface area contributed by atoms with Crippen LogP contribution in [-0.4, -0.2) is 23.3 Å². The summed E-state index contributed by atoms with van der Waals surface area (Å²) in [7, 11) is 0. The van der Waals surface area contributed by atoms with E-state index in [1.54, 1.807) is 0 Å². The van der Waals surface area contributed by atoms with E-state index < -0.39 is 0 Å². The van der Waals surface area contributed by atoms with Gasteiger partial charge < -0.3 is 0 Å². The van der Waals surface area contributed by atoms with Crippen molar-refractivity contribution in [2.45, 2.75) is 46.0 Å². The van der Waals surface area contributed by atoms with Crippen molar-refractivity contribution in [2.24, 2.45) is 17.8 Å². The molecule has 3 nitrogen and oxygen atoms in total. The largest absolute Gasteiger partial charge is 0.274 e. The van der Waals surface area contributed by atoms with E-state index in [4.69, 9.17) is 0 Å². The van der Waals surface area contributed by atoms with Crippen molar-refractivity contribution in [2.75, 3.05) is 6.54 Å². The van der Waals surface area contributed by atoms with Gasteiger partial charge in [-0.05, 0) is 30.6 Å². The van der Waals surface area contributed by atoms with Crippen molar-refractivity contribution in [1.29, 1.82) is 0 Å². The van der Waals surface area contributed by atoms with Gasteiger partial charge in [-0.3, -0.25) is 14.5 Å². The number of allylic oxidation sites excluding steroid dienone is 2. The first-order chi connectivity index (χ1) is 10.5. The number of amides is 2. The number of nitrogens with zero attached hydrogens (tertiary/aromatic N) is 1. The van der Waals surface area contributed by atoms with E-state index in [1.165, 1.54) is 4.90 Å². The van der Waals surface area contributed by atoms with Crippen LogP contribution in [0.15, 0.2) is 20.1 Å². The van der Waals surface area contributed by atoms with Crippen LogP contribution in [0.4, 0.5) is 0 Å². The summed E-state index contributed by atoms with van der Waals surface area (Å²) in [5.74, 6) is 0.980. The molecule has 0 aromatic heterocycles. The van der Waals surface area contributed by atoms with Crippen LogP contribution in [0.2, 0.25) is 0 Å². The van der Waals surface area contributed by atoms with Gasteiger partial charge in [0.05, 0.1) is 11.1 Å². The van der Waals surface area contributed by atoms with Gasteiger partial charge in [-0.2, -0.15) is 0 Å². The minimum Gasteiger partial charge on any atom is -0.274 e. The van der Waals surface area contributed by atoms with Gasteiger partial charge in [0.15, 0.2) is 0 Å². The van der Waals surface area contributed by atoms with E-state index in [0.717, 1.165) is 41.1 Å². The lowest BCUT2D eigenvalue weighted by Crippen LogP contribution is -2.34. The second-order valence-corrected chi connectivity index (χ2v) is 8.24. The van der Waals surface area contributed by atoms with Gasteiger partial charge in [-0.1, -0.05) is 65.0 Å². The number of hydrogen-bond acceptors (Lipinski definition) is 2. The summed E-state index contributed by atoms with van der Waals surface area (Å²) < 4.78 is 1.89. The maximum atomic E-state index is 12.8. The van der Waals surface area contributed by atoms with Crippen molar-refractivity contribution >= 4 is 43.7 Å². The number of unbranched alkanes of at least 4 members (excludes halogenated alkanes) is 1. The summed E-state index contributed by atoms with van der Waals surface area (Å²) in [5.41, 5.74) is 1.22. The molecule has 1 saturated heterocycles. The van der Waals surface area contributed by atoms with Crippen LogP contribution in [-0.2, 0) is 9.59 Å². The topological polar surface area (TPSA) is 37.4 Å². The molecule has 3 unspecified atom stereocenters. The molecule has 1 saturated carbocycles. The van der Waals surface area contributed by atoms with Crippen LogP contribution in [0.1, 0.15) is 46.0 Å². The Hall–Kier alpha value is -0.420. The average molecular weight is 431 g/mol. The Morgan fingerprint density at radius 2 is 1.64 bits per heavy atom. The molecule has 0 radical (unpaired) electrons. The Morgan fingerprint density at radius 1 is 1.09 bits per heavy atom. The third-order valence-electron chi connectivity index (χ3n) is 5.07. The molecule has 0 aromatic rings. The standard InChI is InChI=1S/C17H21Br2NO2/c1-3-5-6-9(4-2)8-20-16(21)12-13(17(20)22)15(19)11-7-10(11)14(12)18/h9-11H,3-8H2,1-2H3. The van der Waals surface area contributed by atoms with E-state index in [-0.39, 0.29) is 11.8 Å². The molecule has 0 aromatic carbocycles. The normalized spacial score (nSPS) is 28.3. The maximum Gasteiger partial charge on any atom is 0.262 e. The molecule has 2 aliphatic carbocycles. The monoisotopic (exact) mass is 429 g/mol. The number of hydrogen-bond donors (Lipinski definition) is 0. The molecule has 0 bridgehead atoms. The predicted molar refractivity (Wildman–Crippen MR) is 93.5 cm³/mol. The lowest BCUT2D eigenvalue weighted by Gasteiger charge is -2.21. The molecule has 5 heteroatoms. The van der Waals surface area contributed by atoms with Crippen LogP contribution < -0.4 is 0 Å². The number of carbonyl (C=O) groups excluding carboxylic acids is 2. The molecular weight excluding hydrogens is 410 g/mol. The second kappa shape index (κ2) is 6.23. The molecule has 1 aliphatic heterocycles. The molecule has 2 amide bonds. The summed E-state index contributed by atoms with van der Waals surface area (Å²) in [5, 5.41) is 0. The smallest absolute Gasteiger partial charge is 0.262 e. The molecule has 0 spiro atoms. The van der Waals surface area contributed by atoms with Crippen LogP contribution in [0.25, 0.3) is 0 Å². The zero-order valence-electron chi connectivity index (χ0n) is 13.0.